The maximum atomic E-state index is 12.4. The van der Waals surface area contributed by atoms with Gasteiger partial charge in [0.05, 0.1) is 4.90 Å². The lowest BCUT2D eigenvalue weighted by Gasteiger charge is -2.24. The first-order chi connectivity index (χ1) is 9.18. The van der Waals surface area contributed by atoms with Crippen molar-refractivity contribution in [2.75, 3.05) is 11.9 Å². The zero-order valence-electron chi connectivity index (χ0n) is 11.4. The van der Waals surface area contributed by atoms with Crippen molar-refractivity contribution in [3.8, 4) is 0 Å². The average molecular weight is 492 g/mol. The molecule has 1 N–H and O–H groups in total. The molecule has 1 aromatic rings. The van der Waals surface area contributed by atoms with Crippen LogP contribution in [0.2, 0.25) is 0 Å². The van der Waals surface area contributed by atoms with Gasteiger partial charge in [-0.05, 0) is 52.4 Å². The van der Waals surface area contributed by atoms with Gasteiger partial charge in [-0.15, -0.1) is 0 Å². The zero-order chi connectivity index (χ0) is 15.4. The molecule has 1 aromatic carbocycles. The summed E-state index contributed by atoms with van der Waals surface area (Å²) in [5.41, 5.74) is -0.0701. The van der Waals surface area contributed by atoms with Gasteiger partial charge in [0.15, 0.2) is 0 Å². The SMILES string of the molecule is CC(C)(CCCBr)CNS(=O)(=O)c1cc(Br)ccc1Br. The zero-order valence-corrected chi connectivity index (χ0v) is 17.0. The second kappa shape index (κ2) is 7.72. The molecule has 0 radical (unpaired) electrons. The molecule has 0 fully saturated rings. The van der Waals surface area contributed by atoms with E-state index < -0.39 is 10.0 Å². The van der Waals surface area contributed by atoms with Gasteiger partial charge in [0.1, 0.15) is 0 Å². The van der Waals surface area contributed by atoms with E-state index in [9.17, 15) is 8.42 Å². The van der Waals surface area contributed by atoms with Crippen LogP contribution in [0.15, 0.2) is 32.0 Å². The molecular weight excluding hydrogens is 474 g/mol. The van der Waals surface area contributed by atoms with Crippen LogP contribution >= 0.6 is 47.8 Å². The van der Waals surface area contributed by atoms with Gasteiger partial charge in [-0.2, -0.15) is 0 Å². The predicted octanol–water partition coefficient (Wildman–Crippen LogP) is 4.69. The highest BCUT2D eigenvalue weighted by atomic mass is 79.9. The Kier molecular flexibility index (Phi) is 7.19. The molecule has 0 amide bonds. The second-order valence-corrected chi connectivity index (χ2v) is 9.65. The molecule has 1 rings (SSSR count). The fourth-order valence-electron chi connectivity index (χ4n) is 1.69. The number of hydrogen-bond acceptors (Lipinski definition) is 2. The molecule has 114 valence electrons. The lowest BCUT2D eigenvalue weighted by Crippen LogP contribution is -2.34. The molecule has 0 saturated heterocycles. The van der Waals surface area contributed by atoms with Crippen molar-refractivity contribution in [2.45, 2.75) is 31.6 Å². The van der Waals surface area contributed by atoms with E-state index in [1.165, 1.54) is 0 Å². The Balaban J connectivity index is 2.83. The third-order valence-electron chi connectivity index (χ3n) is 2.91. The van der Waals surface area contributed by atoms with Crippen molar-refractivity contribution in [2.24, 2.45) is 5.41 Å². The molecule has 0 unspecified atom stereocenters. The average Bonchev–Trinajstić information content (AvgIpc) is 2.37. The number of alkyl halides is 1. The summed E-state index contributed by atoms with van der Waals surface area (Å²) in [6.07, 6.45) is 1.98. The smallest absolute Gasteiger partial charge is 0.211 e. The van der Waals surface area contributed by atoms with Crippen LogP contribution in [0, 0.1) is 5.41 Å². The normalized spacial score (nSPS) is 12.7. The van der Waals surface area contributed by atoms with Crippen molar-refractivity contribution in [1.82, 2.24) is 4.72 Å². The maximum absolute atomic E-state index is 12.4. The van der Waals surface area contributed by atoms with Crippen LogP contribution in [0.5, 0.6) is 0 Å². The van der Waals surface area contributed by atoms with E-state index in [1.807, 2.05) is 0 Å². The van der Waals surface area contributed by atoms with Gasteiger partial charge in [-0.3, -0.25) is 0 Å². The fourth-order valence-corrected chi connectivity index (χ4v) is 4.71. The van der Waals surface area contributed by atoms with Gasteiger partial charge < -0.3 is 0 Å². The van der Waals surface area contributed by atoms with E-state index in [0.717, 1.165) is 22.6 Å². The summed E-state index contributed by atoms with van der Waals surface area (Å²) in [4.78, 5) is 0.253. The standard InChI is InChI=1S/C13H18Br3NO2S/c1-13(2,6-3-7-14)9-17-20(18,19)12-8-10(15)4-5-11(12)16/h4-5,8,17H,3,6-7,9H2,1-2H3. The first-order valence-corrected chi connectivity index (χ1v) is 10.4. The Morgan fingerprint density at radius 3 is 2.50 bits per heavy atom. The van der Waals surface area contributed by atoms with Crippen LogP contribution in [-0.2, 0) is 10.0 Å². The summed E-state index contributed by atoms with van der Waals surface area (Å²) < 4.78 is 28.7. The van der Waals surface area contributed by atoms with Gasteiger partial charge in [0, 0.05) is 20.8 Å². The Bertz CT molecular complexity index is 559. The monoisotopic (exact) mass is 489 g/mol. The fraction of sp³-hybridized carbons (Fsp3) is 0.538. The third-order valence-corrected chi connectivity index (χ3v) is 6.36. The van der Waals surface area contributed by atoms with Gasteiger partial charge >= 0.3 is 0 Å². The third kappa shape index (κ3) is 5.75. The van der Waals surface area contributed by atoms with Gasteiger partial charge in [-0.1, -0.05) is 45.7 Å². The molecular formula is C13H18Br3NO2S. The van der Waals surface area contributed by atoms with E-state index >= 15 is 0 Å². The number of nitrogens with one attached hydrogen (secondary N) is 1. The van der Waals surface area contributed by atoms with E-state index in [-0.39, 0.29) is 10.3 Å². The van der Waals surface area contributed by atoms with E-state index in [0.29, 0.717) is 11.0 Å². The molecule has 0 atom stereocenters. The van der Waals surface area contributed by atoms with Gasteiger partial charge in [0.25, 0.3) is 0 Å². The topological polar surface area (TPSA) is 46.2 Å². The van der Waals surface area contributed by atoms with Crippen LogP contribution < -0.4 is 4.72 Å². The predicted molar refractivity (Wildman–Crippen MR) is 93.8 cm³/mol. The Labute approximate surface area is 146 Å². The Morgan fingerprint density at radius 2 is 1.90 bits per heavy atom. The number of halogens is 3. The Morgan fingerprint density at radius 1 is 1.25 bits per heavy atom. The van der Waals surface area contributed by atoms with Crippen LogP contribution in [0.3, 0.4) is 0 Å². The summed E-state index contributed by atoms with van der Waals surface area (Å²) in [6, 6.07) is 5.11. The molecule has 0 heterocycles. The minimum Gasteiger partial charge on any atom is -0.211 e. The first kappa shape index (κ1) is 18.6. The molecule has 0 spiro atoms. The van der Waals surface area contributed by atoms with Crippen LogP contribution in [0.1, 0.15) is 26.7 Å². The number of hydrogen-bond donors (Lipinski definition) is 1. The number of benzene rings is 1. The summed E-state index contributed by atoms with van der Waals surface area (Å²) >= 11 is 9.97. The summed E-state index contributed by atoms with van der Waals surface area (Å²) in [6.45, 7) is 4.55. The molecule has 0 aliphatic heterocycles. The highest BCUT2D eigenvalue weighted by molar-refractivity contribution is 9.11. The summed E-state index contributed by atoms with van der Waals surface area (Å²) in [7, 11) is -3.51. The molecule has 0 bridgehead atoms. The lowest BCUT2D eigenvalue weighted by atomic mass is 9.88. The summed E-state index contributed by atoms with van der Waals surface area (Å²) in [5, 5.41) is 0.931. The van der Waals surface area contributed by atoms with Crippen molar-refractivity contribution >= 4 is 57.8 Å². The Hall–Kier alpha value is 0.570. The van der Waals surface area contributed by atoms with Crippen LogP contribution in [-0.4, -0.2) is 20.3 Å². The van der Waals surface area contributed by atoms with Crippen LogP contribution in [0.25, 0.3) is 0 Å². The quantitative estimate of drug-likeness (QED) is 0.562. The highest BCUT2D eigenvalue weighted by Gasteiger charge is 2.23. The first-order valence-electron chi connectivity index (χ1n) is 6.19. The molecule has 0 aliphatic rings. The van der Waals surface area contributed by atoms with E-state index in [2.05, 4.69) is 66.4 Å². The van der Waals surface area contributed by atoms with E-state index in [4.69, 9.17) is 0 Å². The lowest BCUT2D eigenvalue weighted by molar-refractivity contribution is 0.332. The molecule has 20 heavy (non-hydrogen) atoms. The minimum atomic E-state index is -3.51. The number of sulfonamides is 1. The van der Waals surface area contributed by atoms with E-state index in [1.54, 1.807) is 18.2 Å². The van der Waals surface area contributed by atoms with Crippen LogP contribution in [0.4, 0.5) is 0 Å². The second-order valence-electron chi connectivity index (χ2n) is 5.36. The van der Waals surface area contributed by atoms with Gasteiger partial charge in [0.2, 0.25) is 10.0 Å². The molecule has 0 saturated carbocycles. The maximum Gasteiger partial charge on any atom is 0.241 e. The summed E-state index contributed by atoms with van der Waals surface area (Å²) in [5.74, 6) is 0. The highest BCUT2D eigenvalue weighted by Crippen LogP contribution is 2.27. The van der Waals surface area contributed by atoms with Crippen molar-refractivity contribution < 1.29 is 8.42 Å². The van der Waals surface area contributed by atoms with Crippen molar-refractivity contribution in [3.63, 3.8) is 0 Å². The number of rotatable bonds is 7. The minimum absolute atomic E-state index is 0.0701. The molecule has 7 heteroatoms. The molecule has 0 aliphatic carbocycles. The van der Waals surface area contributed by atoms with Crippen molar-refractivity contribution in [3.05, 3.63) is 27.1 Å². The molecule has 0 aromatic heterocycles. The van der Waals surface area contributed by atoms with Crippen molar-refractivity contribution in [1.29, 1.82) is 0 Å². The largest absolute Gasteiger partial charge is 0.241 e. The molecule has 3 nitrogen and oxygen atoms in total. The van der Waals surface area contributed by atoms with Gasteiger partial charge in [-0.25, -0.2) is 13.1 Å².